The molecule has 0 saturated heterocycles. The largest absolute Gasteiger partial charge is 0.496 e. The number of carboxylic acids is 1. The fraction of sp³-hybridized carbons (Fsp3) is 0.364. The zero-order valence-electron chi connectivity index (χ0n) is 8.73. The molecule has 0 radical (unpaired) electrons. The van der Waals surface area contributed by atoms with Crippen LogP contribution in [0.1, 0.15) is 24.0 Å². The van der Waals surface area contributed by atoms with Gasteiger partial charge in [-0.05, 0) is 24.6 Å². The van der Waals surface area contributed by atoms with Crippen molar-refractivity contribution < 1.29 is 19.7 Å². The summed E-state index contributed by atoms with van der Waals surface area (Å²) in [5.41, 5.74) is 1.26. The zero-order chi connectivity index (χ0) is 11.4. The molecule has 1 aromatic rings. The SMILES string of the molecule is COc1ccc(C(C)C(=O)O)cc1CO. The first-order valence-corrected chi connectivity index (χ1v) is 4.60. The Hall–Kier alpha value is -1.55. The molecule has 0 fully saturated rings. The van der Waals surface area contributed by atoms with E-state index < -0.39 is 11.9 Å². The monoisotopic (exact) mass is 210 g/mol. The number of aliphatic hydroxyl groups excluding tert-OH is 1. The minimum Gasteiger partial charge on any atom is -0.496 e. The van der Waals surface area contributed by atoms with E-state index in [-0.39, 0.29) is 6.61 Å². The van der Waals surface area contributed by atoms with Gasteiger partial charge < -0.3 is 14.9 Å². The number of hydrogen-bond acceptors (Lipinski definition) is 3. The second-order valence-electron chi connectivity index (χ2n) is 3.29. The summed E-state index contributed by atoms with van der Waals surface area (Å²) in [6, 6.07) is 5.01. The van der Waals surface area contributed by atoms with Crippen LogP contribution < -0.4 is 4.74 Å². The molecule has 0 aliphatic heterocycles. The third-order valence-corrected chi connectivity index (χ3v) is 2.35. The summed E-state index contributed by atoms with van der Waals surface area (Å²) in [5, 5.41) is 17.9. The normalized spacial score (nSPS) is 12.2. The highest BCUT2D eigenvalue weighted by Crippen LogP contribution is 2.24. The van der Waals surface area contributed by atoms with Crippen molar-refractivity contribution in [2.24, 2.45) is 0 Å². The van der Waals surface area contributed by atoms with Gasteiger partial charge in [-0.15, -0.1) is 0 Å². The maximum Gasteiger partial charge on any atom is 0.310 e. The highest BCUT2D eigenvalue weighted by Gasteiger charge is 2.15. The maximum atomic E-state index is 10.8. The van der Waals surface area contributed by atoms with Crippen LogP contribution in [0, 0.1) is 0 Å². The van der Waals surface area contributed by atoms with Gasteiger partial charge in [-0.3, -0.25) is 4.79 Å². The molecule has 1 aromatic carbocycles. The van der Waals surface area contributed by atoms with E-state index >= 15 is 0 Å². The average molecular weight is 210 g/mol. The molecule has 0 amide bonds. The van der Waals surface area contributed by atoms with Gasteiger partial charge in [0.1, 0.15) is 5.75 Å². The fourth-order valence-electron chi connectivity index (χ4n) is 1.33. The van der Waals surface area contributed by atoms with E-state index in [1.54, 1.807) is 25.1 Å². The van der Waals surface area contributed by atoms with E-state index in [1.165, 1.54) is 7.11 Å². The summed E-state index contributed by atoms with van der Waals surface area (Å²) in [4.78, 5) is 10.8. The minimum absolute atomic E-state index is 0.163. The molecule has 0 heterocycles. The Kier molecular flexibility index (Phi) is 3.68. The van der Waals surface area contributed by atoms with Gasteiger partial charge in [0, 0.05) is 5.56 Å². The van der Waals surface area contributed by atoms with Crippen LogP contribution in [-0.2, 0) is 11.4 Å². The van der Waals surface area contributed by atoms with Crippen LogP contribution in [-0.4, -0.2) is 23.3 Å². The third-order valence-electron chi connectivity index (χ3n) is 2.35. The standard InChI is InChI=1S/C11H14O4/c1-7(11(13)14)8-3-4-10(15-2)9(5-8)6-12/h3-5,7,12H,6H2,1-2H3,(H,13,14). The first-order valence-electron chi connectivity index (χ1n) is 4.60. The van der Waals surface area contributed by atoms with Gasteiger partial charge in [0.15, 0.2) is 0 Å². The predicted molar refractivity (Wildman–Crippen MR) is 55.0 cm³/mol. The predicted octanol–water partition coefficient (Wildman–Crippen LogP) is 1.38. The van der Waals surface area contributed by atoms with Crippen molar-refractivity contribution in [2.45, 2.75) is 19.4 Å². The van der Waals surface area contributed by atoms with Gasteiger partial charge in [0.25, 0.3) is 0 Å². The minimum atomic E-state index is -0.885. The van der Waals surface area contributed by atoms with Gasteiger partial charge >= 0.3 is 5.97 Å². The van der Waals surface area contributed by atoms with E-state index in [0.717, 1.165) is 0 Å². The van der Waals surface area contributed by atoms with Gasteiger partial charge in [-0.1, -0.05) is 6.07 Å². The molecule has 82 valence electrons. The fourth-order valence-corrected chi connectivity index (χ4v) is 1.33. The number of rotatable bonds is 4. The van der Waals surface area contributed by atoms with Crippen LogP contribution in [0.4, 0.5) is 0 Å². The number of carboxylic acid groups (broad SMARTS) is 1. The van der Waals surface area contributed by atoms with Gasteiger partial charge in [0.2, 0.25) is 0 Å². The van der Waals surface area contributed by atoms with Crippen LogP contribution in [0.15, 0.2) is 18.2 Å². The molecule has 0 saturated carbocycles. The summed E-state index contributed by atoms with van der Waals surface area (Å²) >= 11 is 0. The van der Waals surface area contributed by atoms with Crippen LogP contribution in [0.25, 0.3) is 0 Å². The number of carbonyl (C=O) groups is 1. The Morgan fingerprint density at radius 3 is 2.67 bits per heavy atom. The lowest BCUT2D eigenvalue weighted by atomic mass is 9.99. The number of aliphatic carboxylic acids is 1. The third kappa shape index (κ3) is 2.47. The van der Waals surface area contributed by atoms with E-state index in [9.17, 15) is 4.79 Å². The van der Waals surface area contributed by atoms with Crippen LogP contribution in [0.5, 0.6) is 5.75 Å². The zero-order valence-corrected chi connectivity index (χ0v) is 8.73. The summed E-state index contributed by atoms with van der Waals surface area (Å²) in [6.07, 6.45) is 0. The molecule has 4 heteroatoms. The van der Waals surface area contributed by atoms with E-state index in [4.69, 9.17) is 14.9 Å². The number of hydrogen-bond donors (Lipinski definition) is 2. The van der Waals surface area contributed by atoms with Crippen LogP contribution in [0.2, 0.25) is 0 Å². The Morgan fingerprint density at radius 1 is 1.53 bits per heavy atom. The molecule has 0 aromatic heterocycles. The maximum absolute atomic E-state index is 10.8. The topological polar surface area (TPSA) is 66.8 Å². The molecule has 0 spiro atoms. The van der Waals surface area contributed by atoms with Crippen molar-refractivity contribution in [2.75, 3.05) is 7.11 Å². The molecule has 0 aliphatic rings. The molecule has 1 unspecified atom stereocenters. The molecule has 15 heavy (non-hydrogen) atoms. The lowest BCUT2D eigenvalue weighted by Gasteiger charge is -2.11. The summed E-state index contributed by atoms with van der Waals surface area (Å²) in [7, 11) is 1.51. The summed E-state index contributed by atoms with van der Waals surface area (Å²) in [6.45, 7) is 1.44. The average Bonchev–Trinajstić information content (AvgIpc) is 2.26. The molecular formula is C11H14O4. The second kappa shape index (κ2) is 4.79. The number of aliphatic hydroxyl groups is 1. The van der Waals surface area contributed by atoms with Gasteiger partial charge in [0.05, 0.1) is 19.6 Å². The smallest absolute Gasteiger partial charge is 0.310 e. The van der Waals surface area contributed by atoms with Crippen molar-refractivity contribution in [3.05, 3.63) is 29.3 Å². The highest BCUT2D eigenvalue weighted by atomic mass is 16.5. The summed E-state index contributed by atoms with van der Waals surface area (Å²) < 4.78 is 5.02. The Balaban J connectivity index is 3.07. The van der Waals surface area contributed by atoms with Crippen molar-refractivity contribution in [3.8, 4) is 5.75 Å². The first kappa shape index (κ1) is 11.5. The van der Waals surface area contributed by atoms with Crippen molar-refractivity contribution >= 4 is 5.97 Å². The molecule has 0 bridgehead atoms. The van der Waals surface area contributed by atoms with Crippen molar-refractivity contribution in [1.82, 2.24) is 0 Å². The molecule has 4 nitrogen and oxygen atoms in total. The molecule has 1 rings (SSSR count). The highest BCUT2D eigenvalue weighted by molar-refractivity contribution is 5.75. The van der Waals surface area contributed by atoms with Crippen LogP contribution in [0.3, 0.4) is 0 Å². The Bertz CT molecular complexity index is 360. The van der Waals surface area contributed by atoms with E-state index in [2.05, 4.69) is 0 Å². The molecular weight excluding hydrogens is 196 g/mol. The Morgan fingerprint density at radius 2 is 2.20 bits per heavy atom. The number of ether oxygens (including phenoxy) is 1. The van der Waals surface area contributed by atoms with E-state index in [0.29, 0.717) is 16.9 Å². The molecule has 0 aliphatic carbocycles. The first-order chi connectivity index (χ1) is 7.10. The quantitative estimate of drug-likeness (QED) is 0.787. The van der Waals surface area contributed by atoms with Crippen molar-refractivity contribution in [1.29, 1.82) is 0 Å². The lowest BCUT2D eigenvalue weighted by molar-refractivity contribution is -0.138. The lowest BCUT2D eigenvalue weighted by Crippen LogP contribution is -2.08. The van der Waals surface area contributed by atoms with Gasteiger partial charge in [-0.25, -0.2) is 0 Å². The molecule has 1 atom stereocenters. The van der Waals surface area contributed by atoms with Crippen LogP contribution >= 0.6 is 0 Å². The Labute approximate surface area is 88.1 Å². The van der Waals surface area contributed by atoms with Gasteiger partial charge in [-0.2, -0.15) is 0 Å². The van der Waals surface area contributed by atoms with E-state index in [1.807, 2.05) is 0 Å². The summed E-state index contributed by atoms with van der Waals surface area (Å²) in [5.74, 6) is -0.899. The number of methoxy groups -OCH3 is 1. The number of benzene rings is 1. The second-order valence-corrected chi connectivity index (χ2v) is 3.29. The van der Waals surface area contributed by atoms with Crippen molar-refractivity contribution in [3.63, 3.8) is 0 Å². The molecule has 2 N–H and O–H groups in total.